The van der Waals surface area contributed by atoms with Gasteiger partial charge >= 0.3 is 0 Å². The monoisotopic (exact) mass is 306 g/mol. The molecule has 1 aromatic carbocycles. The number of aromatic nitrogens is 2. The average molecular weight is 307 g/mol. The molecule has 0 amide bonds. The Bertz CT molecular complexity index is 592. The van der Waals surface area contributed by atoms with E-state index in [-0.39, 0.29) is 28.7 Å². The molecule has 1 heterocycles. The van der Waals surface area contributed by atoms with Gasteiger partial charge in [0.25, 0.3) is 6.43 Å². The van der Waals surface area contributed by atoms with Gasteiger partial charge in [-0.25, -0.2) is 13.2 Å². The molecule has 8 heteroatoms. The van der Waals surface area contributed by atoms with E-state index in [2.05, 4.69) is 10.1 Å². The first-order valence-corrected chi connectivity index (χ1v) is 6.05. The van der Waals surface area contributed by atoms with Crippen molar-refractivity contribution >= 4 is 11.6 Å². The number of halogens is 4. The van der Waals surface area contributed by atoms with Crippen LogP contribution in [-0.2, 0) is 12.8 Å². The molecule has 0 bridgehead atoms. The van der Waals surface area contributed by atoms with Gasteiger partial charge in [-0.1, -0.05) is 28.9 Å². The van der Waals surface area contributed by atoms with Crippen molar-refractivity contribution in [1.29, 1.82) is 0 Å². The summed E-state index contributed by atoms with van der Waals surface area (Å²) in [6, 6.07) is 4.48. The van der Waals surface area contributed by atoms with Crippen LogP contribution >= 0.6 is 11.6 Å². The van der Waals surface area contributed by atoms with Gasteiger partial charge in [0.2, 0.25) is 5.89 Å². The predicted molar refractivity (Wildman–Crippen MR) is 64.2 cm³/mol. The Labute approximate surface area is 117 Å². The van der Waals surface area contributed by atoms with Gasteiger partial charge in [0, 0.05) is 6.42 Å². The van der Waals surface area contributed by atoms with Crippen LogP contribution < -0.4 is 0 Å². The summed E-state index contributed by atoms with van der Waals surface area (Å²) in [7, 11) is 0. The van der Waals surface area contributed by atoms with Crippen molar-refractivity contribution in [1.82, 2.24) is 10.1 Å². The van der Waals surface area contributed by atoms with E-state index >= 15 is 0 Å². The van der Waals surface area contributed by atoms with Gasteiger partial charge in [-0.05, 0) is 11.6 Å². The minimum Gasteiger partial charge on any atom is -0.387 e. The molecule has 0 fully saturated rings. The summed E-state index contributed by atoms with van der Waals surface area (Å²) in [5.41, 5.74) is 0.263. The van der Waals surface area contributed by atoms with Crippen LogP contribution in [0.1, 0.15) is 17.3 Å². The van der Waals surface area contributed by atoms with Crippen LogP contribution in [0.2, 0.25) is 5.02 Å². The van der Waals surface area contributed by atoms with Crippen molar-refractivity contribution in [2.45, 2.75) is 25.4 Å². The zero-order chi connectivity index (χ0) is 14.7. The third-order valence-electron chi connectivity index (χ3n) is 2.56. The normalized spacial score (nSPS) is 12.9. The Morgan fingerprint density at radius 3 is 2.80 bits per heavy atom. The average Bonchev–Trinajstić information content (AvgIpc) is 2.82. The SMILES string of the molecule is OC(Cc1nc(Cc2cccc(Cl)c2F)no1)C(F)F. The topological polar surface area (TPSA) is 59.2 Å². The van der Waals surface area contributed by atoms with Gasteiger partial charge in [0.1, 0.15) is 11.9 Å². The maximum Gasteiger partial charge on any atom is 0.264 e. The lowest BCUT2D eigenvalue weighted by Crippen LogP contribution is -2.20. The van der Waals surface area contributed by atoms with E-state index in [9.17, 15) is 13.2 Å². The van der Waals surface area contributed by atoms with E-state index in [0.29, 0.717) is 0 Å². The zero-order valence-corrected chi connectivity index (χ0v) is 10.8. The number of hydrogen-bond acceptors (Lipinski definition) is 4. The second-order valence-electron chi connectivity index (χ2n) is 4.10. The Hall–Kier alpha value is -1.60. The van der Waals surface area contributed by atoms with E-state index in [4.69, 9.17) is 21.2 Å². The summed E-state index contributed by atoms with van der Waals surface area (Å²) < 4.78 is 42.7. The van der Waals surface area contributed by atoms with Crippen LogP contribution in [0.25, 0.3) is 0 Å². The number of rotatable bonds is 5. The molecule has 1 N–H and O–H groups in total. The summed E-state index contributed by atoms with van der Waals surface area (Å²) >= 11 is 5.63. The van der Waals surface area contributed by atoms with Crippen molar-refractivity contribution in [3.63, 3.8) is 0 Å². The molecule has 1 unspecified atom stereocenters. The standard InChI is InChI=1S/C12H10ClF3N2O2/c13-7-3-1-2-6(11(7)14)4-9-17-10(20-18-9)5-8(19)12(15)16/h1-3,8,12,19H,4-5H2. The van der Waals surface area contributed by atoms with Crippen molar-refractivity contribution in [2.75, 3.05) is 0 Å². The van der Waals surface area contributed by atoms with E-state index in [1.165, 1.54) is 12.1 Å². The van der Waals surface area contributed by atoms with Crippen LogP contribution in [0, 0.1) is 5.82 Å². The molecular formula is C12H10ClF3N2O2. The van der Waals surface area contributed by atoms with Crippen molar-refractivity contribution in [3.8, 4) is 0 Å². The Morgan fingerprint density at radius 1 is 1.35 bits per heavy atom. The van der Waals surface area contributed by atoms with Crippen LogP contribution in [0.3, 0.4) is 0 Å². The lowest BCUT2D eigenvalue weighted by Gasteiger charge is -2.04. The fraction of sp³-hybridized carbons (Fsp3) is 0.333. The Kier molecular flexibility index (Phi) is 4.61. The second-order valence-corrected chi connectivity index (χ2v) is 4.51. The Morgan fingerprint density at radius 2 is 2.10 bits per heavy atom. The highest BCUT2D eigenvalue weighted by Gasteiger charge is 2.21. The van der Waals surface area contributed by atoms with E-state index in [1.54, 1.807) is 6.07 Å². The summed E-state index contributed by atoms with van der Waals surface area (Å²) in [4.78, 5) is 3.82. The molecule has 0 saturated carbocycles. The molecule has 4 nitrogen and oxygen atoms in total. The minimum atomic E-state index is -2.89. The van der Waals surface area contributed by atoms with Crippen LogP contribution in [0.4, 0.5) is 13.2 Å². The quantitative estimate of drug-likeness (QED) is 0.922. The molecular weight excluding hydrogens is 297 g/mol. The van der Waals surface area contributed by atoms with Crippen LogP contribution in [0.15, 0.2) is 22.7 Å². The zero-order valence-electron chi connectivity index (χ0n) is 10.1. The maximum atomic E-state index is 13.7. The lowest BCUT2D eigenvalue weighted by molar-refractivity contribution is -0.00754. The largest absolute Gasteiger partial charge is 0.387 e. The highest BCUT2D eigenvalue weighted by atomic mass is 35.5. The fourth-order valence-corrected chi connectivity index (χ4v) is 1.76. The van der Waals surface area contributed by atoms with Gasteiger partial charge < -0.3 is 9.63 Å². The Balaban J connectivity index is 2.08. The molecule has 0 aliphatic heterocycles. The number of nitrogens with zero attached hydrogens (tertiary/aromatic N) is 2. The highest BCUT2D eigenvalue weighted by molar-refractivity contribution is 6.30. The minimum absolute atomic E-state index is 0.0146. The molecule has 0 radical (unpaired) electrons. The van der Waals surface area contributed by atoms with E-state index in [0.717, 1.165) is 0 Å². The molecule has 108 valence electrons. The van der Waals surface area contributed by atoms with Gasteiger partial charge in [-0.2, -0.15) is 4.98 Å². The second kappa shape index (κ2) is 6.23. The molecule has 0 saturated heterocycles. The molecule has 2 aromatic rings. The smallest absolute Gasteiger partial charge is 0.264 e. The molecule has 1 atom stereocenters. The molecule has 0 aliphatic carbocycles. The van der Waals surface area contributed by atoms with Gasteiger partial charge in [0.15, 0.2) is 5.82 Å². The first-order valence-electron chi connectivity index (χ1n) is 5.68. The number of hydrogen-bond donors (Lipinski definition) is 1. The number of aliphatic hydroxyl groups excluding tert-OH is 1. The highest BCUT2D eigenvalue weighted by Crippen LogP contribution is 2.20. The molecule has 1 aromatic heterocycles. The first-order chi connectivity index (χ1) is 9.47. The number of alkyl halides is 2. The number of aliphatic hydroxyl groups is 1. The van der Waals surface area contributed by atoms with Crippen molar-refractivity contribution in [2.24, 2.45) is 0 Å². The summed E-state index contributed by atoms with van der Waals surface area (Å²) in [6.45, 7) is 0. The fourth-order valence-electron chi connectivity index (χ4n) is 1.57. The van der Waals surface area contributed by atoms with Crippen molar-refractivity contribution in [3.05, 3.63) is 46.3 Å². The molecule has 20 heavy (non-hydrogen) atoms. The van der Waals surface area contributed by atoms with E-state index in [1.807, 2.05) is 0 Å². The summed E-state index contributed by atoms with van der Waals surface area (Å²) in [5, 5.41) is 12.5. The van der Waals surface area contributed by atoms with Crippen LogP contribution in [0.5, 0.6) is 0 Å². The first kappa shape index (κ1) is 14.8. The van der Waals surface area contributed by atoms with E-state index < -0.39 is 24.8 Å². The van der Waals surface area contributed by atoms with Gasteiger partial charge in [-0.15, -0.1) is 0 Å². The predicted octanol–water partition coefficient (Wildman–Crippen LogP) is 2.62. The third kappa shape index (κ3) is 3.49. The molecule has 2 rings (SSSR count). The van der Waals surface area contributed by atoms with Gasteiger partial charge in [0.05, 0.1) is 11.4 Å². The molecule has 0 spiro atoms. The third-order valence-corrected chi connectivity index (χ3v) is 2.86. The summed E-state index contributed by atoms with van der Waals surface area (Å²) in [5.74, 6) is -0.592. The van der Waals surface area contributed by atoms with Crippen molar-refractivity contribution < 1.29 is 22.8 Å². The molecule has 0 aliphatic rings. The maximum absolute atomic E-state index is 13.7. The van der Waals surface area contributed by atoms with Gasteiger partial charge in [-0.3, -0.25) is 0 Å². The number of benzene rings is 1. The lowest BCUT2D eigenvalue weighted by atomic mass is 10.1. The van der Waals surface area contributed by atoms with Crippen LogP contribution in [-0.4, -0.2) is 27.8 Å². The summed E-state index contributed by atoms with van der Waals surface area (Å²) in [6.07, 6.45) is -5.20.